The Morgan fingerprint density at radius 2 is 1.64 bits per heavy atom. The first-order chi connectivity index (χ1) is 5.04. The van der Waals surface area contributed by atoms with Gasteiger partial charge in [0, 0.05) is 6.07 Å². The fourth-order valence-corrected chi connectivity index (χ4v) is 2.02. The minimum absolute atomic E-state index is 0.220. The average molecular weight is 366 g/mol. The summed E-state index contributed by atoms with van der Waals surface area (Å²) >= 11 is 14.9. The molecule has 0 saturated heterocycles. The van der Waals surface area contributed by atoms with E-state index >= 15 is 0 Å². The topological polar surface area (TPSA) is 0 Å². The van der Waals surface area contributed by atoms with Crippen LogP contribution in [0.5, 0.6) is 0 Å². The van der Waals surface area contributed by atoms with Crippen LogP contribution in [-0.2, 0) is 0 Å². The largest absolute Gasteiger partial charge is 0.205 e. The summed E-state index contributed by atoms with van der Waals surface area (Å²) in [5.41, 5.74) is 0. The first-order valence-electron chi connectivity index (χ1n) is 2.44. The molecule has 5 heteroatoms. The van der Waals surface area contributed by atoms with E-state index in [1.807, 2.05) is 0 Å². The molecule has 1 aromatic carbocycles. The number of hydrogen-bond donors (Lipinski definition) is 0. The molecule has 1 aromatic rings. The van der Waals surface area contributed by atoms with Crippen LogP contribution in [-0.4, -0.2) is 0 Å². The van der Waals surface area contributed by atoms with E-state index in [0.717, 1.165) is 0 Å². The maximum absolute atomic E-state index is 12.8. The van der Waals surface area contributed by atoms with Crippen LogP contribution in [0.4, 0.5) is 4.39 Å². The minimum atomic E-state index is -0.509. The summed E-state index contributed by atoms with van der Waals surface area (Å²) in [5.74, 6) is -0.509. The van der Waals surface area contributed by atoms with Crippen molar-refractivity contribution in [3.8, 4) is 0 Å². The number of hydrogen-bond acceptors (Lipinski definition) is 0. The molecule has 0 bridgehead atoms. The van der Waals surface area contributed by atoms with Crippen molar-refractivity contribution in [1.29, 1.82) is 0 Å². The predicted octanol–water partition coefficient (Wildman–Crippen LogP) is 4.57. The lowest BCUT2D eigenvalue weighted by molar-refractivity contribution is 0.617. The Morgan fingerprint density at radius 1 is 1.09 bits per heavy atom. The van der Waals surface area contributed by atoms with E-state index in [1.165, 1.54) is 0 Å². The fraction of sp³-hybridized carbons (Fsp3) is 0. The molecule has 0 aliphatic rings. The minimum Gasteiger partial charge on any atom is -0.205 e. The molecule has 0 aromatic heterocycles. The Labute approximate surface area is 93.5 Å². The lowest BCUT2D eigenvalue weighted by Crippen LogP contribution is -1.82. The van der Waals surface area contributed by atoms with Crippen molar-refractivity contribution >= 4 is 59.4 Å². The van der Waals surface area contributed by atoms with Gasteiger partial charge in [0.15, 0.2) is 0 Å². The normalized spacial score (nSPS) is 10.3. The van der Waals surface area contributed by atoms with Gasteiger partial charge in [0.2, 0.25) is 0 Å². The average Bonchev–Trinajstić information content (AvgIpc) is 1.97. The molecule has 59 valence electrons. The van der Waals surface area contributed by atoms with Crippen molar-refractivity contribution in [1.82, 2.24) is 0 Å². The predicted molar refractivity (Wildman–Crippen MR) is 53.3 cm³/mol. The van der Waals surface area contributed by atoms with Crippen molar-refractivity contribution in [3.05, 3.63) is 30.3 Å². The third-order valence-electron chi connectivity index (χ3n) is 0.990. The van der Waals surface area contributed by atoms with Crippen LogP contribution in [0, 0.1) is 11.9 Å². The van der Waals surface area contributed by atoms with E-state index < -0.39 is 5.82 Å². The van der Waals surface area contributed by atoms with Gasteiger partial charge in [-0.15, -0.1) is 0 Å². The van der Waals surface area contributed by atoms with Gasteiger partial charge in [-0.2, -0.15) is 0 Å². The monoisotopic (exact) mass is 363 g/mol. The van der Waals surface area contributed by atoms with Crippen LogP contribution < -0.4 is 0 Å². The summed E-state index contributed by atoms with van der Waals surface area (Å²) in [6.45, 7) is 0. The van der Waals surface area contributed by atoms with Gasteiger partial charge in [0.1, 0.15) is 5.82 Å². The Balaban J connectivity index is 3.46. The van der Waals surface area contributed by atoms with Crippen molar-refractivity contribution in [3.63, 3.8) is 0 Å². The third-order valence-corrected chi connectivity index (χ3v) is 4.90. The van der Waals surface area contributed by atoms with Gasteiger partial charge >= 0.3 is 0 Å². The van der Waals surface area contributed by atoms with E-state index in [1.54, 1.807) is 0 Å². The summed E-state index contributed by atoms with van der Waals surface area (Å²) in [6, 6.07) is 2.32. The van der Waals surface area contributed by atoms with Crippen molar-refractivity contribution in [2.45, 2.75) is 0 Å². The van der Waals surface area contributed by atoms with Gasteiger partial charge < -0.3 is 0 Å². The Morgan fingerprint density at radius 3 is 2.18 bits per heavy atom. The maximum atomic E-state index is 12.8. The molecule has 0 atom stereocenters. The first-order valence-corrected chi connectivity index (χ1v) is 5.20. The molecule has 0 aliphatic heterocycles. The quantitative estimate of drug-likeness (QED) is 0.466. The van der Waals surface area contributed by atoms with Crippen LogP contribution in [0.15, 0.2) is 13.4 Å². The van der Waals surface area contributed by atoms with Crippen molar-refractivity contribution in [2.75, 3.05) is 0 Å². The van der Waals surface area contributed by atoms with Crippen LogP contribution in [0.3, 0.4) is 0 Å². The molecule has 0 fully saturated rings. The molecule has 0 N–H and O–H groups in total. The van der Waals surface area contributed by atoms with E-state index in [9.17, 15) is 4.39 Å². The highest BCUT2D eigenvalue weighted by Crippen LogP contribution is 2.37. The maximum Gasteiger partial charge on any atom is 0.148 e. The van der Waals surface area contributed by atoms with Crippen LogP contribution in [0.2, 0.25) is 5.02 Å². The smallest absolute Gasteiger partial charge is 0.148 e. The second-order valence-electron chi connectivity index (χ2n) is 1.69. The third kappa shape index (κ3) is 1.97. The molecule has 0 unspecified atom stereocenters. The molecule has 0 heterocycles. The summed E-state index contributed by atoms with van der Waals surface area (Å²) in [5, 5.41) is 0.220. The zero-order valence-corrected chi connectivity index (χ0v) is 10.4. The lowest BCUT2D eigenvalue weighted by atomic mass is 10.3. The highest BCUT2D eigenvalue weighted by atomic mass is 79.9. The van der Waals surface area contributed by atoms with E-state index in [2.05, 4.69) is 53.9 Å². The van der Waals surface area contributed by atoms with Gasteiger partial charge in [0.25, 0.3) is 0 Å². The number of rotatable bonds is 0. The van der Waals surface area contributed by atoms with E-state index in [0.29, 0.717) is 13.4 Å². The second kappa shape index (κ2) is 3.73. The zero-order valence-electron chi connectivity index (χ0n) is 4.89. The molecule has 0 spiro atoms. The van der Waals surface area contributed by atoms with Gasteiger partial charge in [-0.05, 0) is 47.8 Å². The van der Waals surface area contributed by atoms with Crippen LogP contribution in [0.25, 0.3) is 0 Å². The fourth-order valence-electron chi connectivity index (χ4n) is 0.495. The van der Waals surface area contributed by atoms with Crippen molar-refractivity contribution in [2.24, 2.45) is 0 Å². The zero-order chi connectivity index (χ0) is 8.59. The highest BCUT2D eigenvalue weighted by molar-refractivity contribution is 9.14. The molecule has 1 radical (unpaired) electrons. The number of benzene rings is 1. The van der Waals surface area contributed by atoms with E-state index in [4.69, 9.17) is 11.6 Å². The summed E-state index contributed by atoms with van der Waals surface area (Å²) in [7, 11) is 0. The van der Waals surface area contributed by atoms with E-state index in [-0.39, 0.29) is 5.02 Å². The Kier molecular flexibility index (Phi) is 3.38. The van der Waals surface area contributed by atoms with Gasteiger partial charge in [-0.3, -0.25) is 0 Å². The molecule has 0 nitrogen and oxygen atoms in total. The molecule has 0 saturated carbocycles. The van der Waals surface area contributed by atoms with Crippen molar-refractivity contribution < 1.29 is 4.39 Å². The van der Waals surface area contributed by atoms with Crippen LogP contribution in [0.1, 0.15) is 0 Å². The lowest BCUT2D eigenvalue weighted by Gasteiger charge is -2.01. The SMILES string of the molecule is Fc1[c]c(Cl)c(Br)c(Br)c1Br. The number of halogens is 5. The molecular formula is C6Br3ClF. The van der Waals surface area contributed by atoms with Gasteiger partial charge in [0.05, 0.1) is 18.4 Å². The standard InChI is InChI=1S/C6Br3ClF/c7-4-2(10)1-3(11)5(8)6(4)9. The van der Waals surface area contributed by atoms with Crippen LogP contribution >= 0.6 is 59.4 Å². The summed E-state index contributed by atoms with van der Waals surface area (Å²) in [6.07, 6.45) is 0. The second-order valence-corrected chi connectivity index (χ2v) is 4.45. The summed E-state index contributed by atoms with van der Waals surface area (Å²) in [4.78, 5) is 0. The Bertz CT molecular complexity index is 274. The first kappa shape index (κ1) is 9.96. The molecular weight excluding hydrogens is 366 g/mol. The Hall–Kier alpha value is 0.880. The van der Waals surface area contributed by atoms with Gasteiger partial charge in [-0.1, -0.05) is 11.6 Å². The molecule has 1 rings (SSSR count). The molecule has 11 heavy (non-hydrogen) atoms. The summed E-state index contributed by atoms with van der Waals surface area (Å²) < 4.78 is 14.2. The van der Waals surface area contributed by atoms with Gasteiger partial charge in [-0.25, -0.2) is 4.39 Å². The molecule has 0 amide bonds. The molecule has 0 aliphatic carbocycles. The highest BCUT2D eigenvalue weighted by Gasteiger charge is 2.11.